The number of benzene rings is 1. The van der Waals surface area contributed by atoms with Crippen molar-refractivity contribution >= 4 is 12.1 Å². The van der Waals surface area contributed by atoms with Crippen LogP contribution in [-0.2, 0) is 20.9 Å². The van der Waals surface area contributed by atoms with E-state index in [4.69, 9.17) is 30.2 Å². The minimum Gasteiger partial charge on any atom is -0.480 e. The van der Waals surface area contributed by atoms with Crippen LogP contribution in [0, 0.1) is 11.8 Å². The Balaban J connectivity index is 2.08. The normalized spacial score (nSPS) is 23.0. The first-order chi connectivity index (χ1) is 13.8. The summed E-state index contributed by atoms with van der Waals surface area (Å²) < 4.78 is 15.7. The van der Waals surface area contributed by atoms with E-state index >= 15 is 0 Å². The van der Waals surface area contributed by atoms with Gasteiger partial charge in [0.1, 0.15) is 37.2 Å². The second-order valence-electron chi connectivity index (χ2n) is 5.97. The van der Waals surface area contributed by atoms with Crippen molar-refractivity contribution in [1.82, 2.24) is 5.32 Å². The molecule has 0 bridgehead atoms. The summed E-state index contributed by atoms with van der Waals surface area (Å²) in [6.45, 7) is -1.16. The van der Waals surface area contributed by atoms with E-state index in [2.05, 4.69) is 17.2 Å². The molecular formula is C18H22N2O9. The second-order valence-corrected chi connectivity index (χ2v) is 5.97. The molecule has 29 heavy (non-hydrogen) atoms. The van der Waals surface area contributed by atoms with Crippen molar-refractivity contribution < 1.29 is 44.2 Å². The van der Waals surface area contributed by atoms with E-state index in [-0.39, 0.29) is 18.9 Å². The van der Waals surface area contributed by atoms with Crippen LogP contribution in [0.4, 0.5) is 4.79 Å². The zero-order valence-electron chi connectivity index (χ0n) is 15.3. The van der Waals surface area contributed by atoms with Gasteiger partial charge in [-0.05, 0) is 12.1 Å². The van der Waals surface area contributed by atoms with Crippen LogP contribution >= 0.6 is 0 Å². The van der Waals surface area contributed by atoms with Crippen LogP contribution in [0.5, 0.6) is 5.75 Å². The number of carboxylic acids is 1. The van der Waals surface area contributed by atoms with Crippen molar-refractivity contribution in [2.45, 2.75) is 31.2 Å². The molecule has 1 aromatic rings. The molecule has 11 nitrogen and oxygen atoms in total. The summed E-state index contributed by atoms with van der Waals surface area (Å²) in [6.07, 6.45) is -5.72. The maximum absolute atomic E-state index is 11.5. The maximum Gasteiger partial charge on any atom is 0.407 e. The molecule has 0 aromatic heterocycles. The zero-order chi connectivity index (χ0) is 21.4. The molecule has 0 spiro atoms. The third-order valence-electron chi connectivity index (χ3n) is 3.90. The van der Waals surface area contributed by atoms with Gasteiger partial charge >= 0.3 is 12.1 Å². The first-order valence-electron chi connectivity index (χ1n) is 8.59. The Morgan fingerprint density at radius 2 is 2.03 bits per heavy atom. The van der Waals surface area contributed by atoms with E-state index in [0.29, 0.717) is 11.1 Å². The average molecular weight is 410 g/mol. The number of hydrogen-bond donors (Lipinski definition) is 6. The lowest BCUT2D eigenvalue weighted by Gasteiger charge is -2.17. The number of aliphatic hydroxyl groups is 3. The van der Waals surface area contributed by atoms with Crippen molar-refractivity contribution in [3.8, 4) is 17.6 Å². The third kappa shape index (κ3) is 6.31. The van der Waals surface area contributed by atoms with Gasteiger partial charge in [-0.3, -0.25) is 4.79 Å². The predicted molar refractivity (Wildman–Crippen MR) is 96.6 cm³/mol. The molecule has 158 valence electrons. The fourth-order valence-corrected chi connectivity index (χ4v) is 2.46. The first kappa shape index (κ1) is 22.4. The van der Waals surface area contributed by atoms with Crippen molar-refractivity contribution in [3.63, 3.8) is 0 Å². The molecule has 1 amide bonds. The highest BCUT2D eigenvalue weighted by molar-refractivity contribution is 5.76. The van der Waals surface area contributed by atoms with Gasteiger partial charge in [0, 0.05) is 11.1 Å². The van der Waals surface area contributed by atoms with Crippen molar-refractivity contribution in [1.29, 1.82) is 0 Å². The van der Waals surface area contributed by atoms with Crippen molar-refractivity contribution in [2.24, 2.45) is 5.73 Å². The topological polar surface area (TPSA) is 181 Å². The Kier molecular flexibility index (Phi) is 8.20. The van der Waals surface area contributed by atoms with Crippen LogP contribution in [0.15, 0.2) is 18.2 Å². The van der Waals surface area contributed by atoms with Gasteiger partial charge in [-0.25, -0.2) is 4.79 Å². The summed E-state index contributed by atoms with van der Waals surface area (Å²) in [6, 6.07) is 4.57. The number of carbonyl (C=O) groups excluding carboxylic acids is 1. The molecule has 2 unspecified atom stereocenters. The lowest BCUT2D eigenvalue weighted by atomic mass is 10.1. The summed E-state index contributed by atoms with van der Waals surface area (Å²) in [5.41, 5.74) is 6.32. The lowest BCUT2D eigenvalue weighted by molar-refractivity contribution is -0.135. The molecular weight excluding hydrogens is 388 g/mol. The van der Waals surface area contributed by atoms with Crippen LogP contribution in [0.2, 0.25) is 0 Å². The number of rotatable bonds is 7. The smallest absolute Gasteiger partial charge is 0.407 e. The number of hydrogen-bond acceptors (Lipinski definition) is 9. The molecule has 1 fully saturated rings. The van der Waals surface area contributed by atoms with E-state index in [1.807, 2.05) is 0 Å². The van der Waals surface area contributed by atoms with Crippen LogP contribution < -0.4 is 15.8 Å². The minimum absolute atomic E-state index is 0.0826. The zero-order valence-corrected chi connectivity index (χ0v) is 15.3. The summed E-state index contributed by atoms with van der Waals surface area (Å²) >= 11 is 0. The summed E-state index contributed by atoms with van der Waals surface area (Å²) in [5, 5.41) is 39.5. The Hall–Kier alpha value is -2.88. The quantitative estimate of drug-likeness (QED) is 0.279. The van der Waals surface area contributed by atoms with E-state index in [0.717, 1.165) is 0 Å². The number of nitrogens with one attached hydrogen (secondary N) is 1. The molecule has 7 N–H and O–H groups in total. The fourth-order valence-electron chi connectivity index (χ4n) is 2.46. The van der Waals surface area contributed by atoms with Crippen LogP contribution in [0.25, 0.3) is 0 Å². The molecule has 2 rings (SSSR count). The molecule has 0 aliphatic carbocycles. The van der Waals surface area contributed by atoms with E-state index in [1.54, 1.807) is 6.07 Å². The number of aliphatic hydroxyl groups excluding tert-OH is 3. The Morgan fingerprint density at radius 1 is 1.28 bits per heavy atom. The van der Waals surface area contributed by atoms with Crippen LogP contribution in [-0.4, -0.2) is 76.8 Å². The van der Waals surface area contributed by atoms with E-state index in [9.17, 15) is 19.8 Å². The molecule has 0 saturated carbocycles. The second kappa shape index (κ2) is 10.6. The molecule has 1 aliphatic rings. The molecule has 1 aliphatic heterocycles. The molecule has 4 atom stereocenters. The molecule has 1 heterocycles. The Labute approximate surface area is 166 Å². The average Bonchev–Trinajstić information content (AvgIpc) is 2.97. The highest BCUT2D eigenvalue weighted by Crippen LogP contribution is 2.26. The van der Waals surface area contributed by atoms with E-state index < -0.39 is 49.8 Å². The monoisotopic (exact) mass is 410 g/mol. The van der Waals surface area contributed by atoms with Gasteiger partial charge in [-0.15, -0.1) is 0 Å². The maximum atomic E-state index is 11.5. The third-order valence-corrected chi connectivity index (χ3v) is 3.90. The summed E-state index contributed by atoms with van der Waals surface area (Å²) in [7, 11) is 0. The van der Waals surface area contributed by atoms with Gasteiger partial charge in [0.05, 0.1) is 13.2 Å². The van der Waals surface area contributed by atoms with Crippen LogP contribution in [0.1, 0.15) is 11.1 Å². The first-order valence-corrected chi connectivity index (χ1v) is 8.59. The largest absolute Gasteiger partial charge is 0.480 e. The Bertz CT molecular complexity index is 789. The number of nitrogens with two attached hydrogens (primary N) is 1. The predicted octanol–water partition coefficient (Wildman–Crippen LogP) is -1.87. The highest BCUT2D eigenvalue weighted by atomic mass is 16.7. The fraction of sp³-hybridized carbons (Fsp3) is 0.444. The lowest BCUT2D eigenvalue weighted by Crippen LogP contribution is -2.35. The van der Waals surface area contributed by atoms with Gasteiger partial charge in [0.2, 0.25) is 6.29 Å². The van der Waals surface area contributed by atoms with Gasteiger partial charge in [-0.1, -0.05) is 17.9 Å². The minimum atomic E-state index is -1.35. The SMILES string of the molecule is NCC#Cc1cc(O[C@@H]2O[C@@H](CO)C(O)C2O)ccc1COC(=O)NCC(=O)O. The number of carbonyl (C=O) groups is 2. The summed E-state index contributed by atoms with van der Waals surface area (Å²) in [5.74, 6) is 4.50. The van der Waals surface area contributed by atoms with Gasteiger partial charge in [-0.2, -0.15) is 0 Å². The van der Waals surface area contributed by atoms with Crippen molar-refractivity contribution in [2.75, 3.05) is 19.7 Å². The molecule has 1 aromatic carbocycles. The molecule has 0 radical (unpaired) electrons. The number of amides is 1. The molecule has 11 heteroatoms. The Morgan fingerprint density at radius 3 is 2.66 bits per heavy atom. The van der Waals surface area contributed by atoms with Gasteiger partial charge < -0.3 is 45.7 Å². The summed E-state index contributed by atoms with van der Waals surface area (Å²) in [4.78, 5) is 21.9. The highest BCUT2D eigenvalue weighted by Gasteiger charge is 2.43. The van der Waals surface area contributed by atoms with E-state index in [1.165, 1.54) is 12.1 Å². The van der Waals surface area contributed by atoms with Gasteiger partial charge in [0.25, 0.3) is 0 Å². The van der Waals surface area contributed by atoms with Crippen molar-refractivity contribution in [3.05, 3.63) is 29.3 Å². The number of ether oxygens (including phenoxy) is 3. The molecule has 1 saturated heterocycles. The standard InChI is InChI=1S/C18H22N2O9/c19-5-1-2-10-6-12(28-17-16(25)15(24)13(8-21)29-17)4-3-11(10)9-27-18(26)20-7-14(22)23/h3-4,6,13,15-17,21,24-25H,5,7-9,19H2,(H,20,26)(H,22,23)/t13-,15?,16?,17+/m0/s1. The van der Waals surface area contributed by atoms with Gasteiger partial charge in [0.15, 0.2) is 0 Å². The van der Waals surface area contributed by atoms with Crippen LogP contribution in [0.3, 0.4) is 0 Å². The number of carboxylic acid groups (broad SMARTS) is 1. The number of aliphatic carboxylic acids is 1. The number of alkyl carbamates (subject to hydrolysis) is 1.